The zero-order valence-electron chi connectivity index (χ0n) is 10.9. The Morgan fingerprint density at radius 2 is 2.11 bits per heavy atom. The lowest BCUT2D eigenvalue weighted by molar-refractivity contribution is -0.116. The Morgan fingerprint density at radius 1 is 1.42 bits per heavy atom. The van der Waals surface area contributed by atoms with E-state index in [0.29, 0.717) is 11.3 Å². The Kier molecular flexibility index (Phi) is 3.29. The molecule has 0 aliphatic heterocycles. The summed E-state index contributed by atoms with van der Waals surface area (Å²) in [6.07, 6.45) is 0.0220. The quantitative estimate of drug-likeness (QED) is 0.914. The number of ether oxygens (including phenoxy) is 1. The van der Waals surface area contributed by atoms with Crippen LogP contribution < -0.4 is 10.2 Å². The third-order valence-corrected chi connectivity index (χ3v) is 2.89. The maximum absolute atomic E-state index is 12.4. The zero-order valence-corrected chi connectivity index (χ0v) is 10.9. The number of ketones is 1. The molecule has 2 rings (SSSR count). The van der Waals surface area contributed by atoms with E-state index in [9.17, 15) is 14.7 Å². The highest BCUT2D eigenvalue weighted by Crippen LogP contribution is 2.29. The molecule has 0 spiro atoms. The van der Waals surface area contributed by atoms with Crippen LogP contribution in [0.5, 0.6) is 11.5 Å². The lowest BCUT2D eigenvalue weighted by Crippen LogP contribution is -2.15. The van der Waals surface area contributed by atoms with Gasteiger partial charge in [-0.15, -0.1) is 0 Å². The average molecular weight is 262 g/mol. The van der Waals surface area contributed by atoms with E-state index in [-0.39, 0.29) is 40.1 Å². The standard InChI is InChI=1S/C14H14O5/c1-7(15)4-10-8(2)19-12-6-9(16)5-11(18-3)13(12)14(10)17/h5-6,16H,4H2,1-3H3. The Balaban J connectivity index is 2.86. The molecule has 0 bridgehead atoms. The van der Waals surface area contributed by atoms with E-state index in [0.717, 1.165) is 0 Å². The second-order valence-electron chi connectivity index (χ2n) is 4.37. The number of hydrogen-bond donors (Lipinski definition) is 1. The number of aryl methyl sites for hydroxylation is 1. The molecule has 0 unspecified atom stereocenters. The van der Waals surface area contributed by atoms with E-state index >= 15 is 0 Å². The van der Waals surface area contributed by atoms with Crippen LogP contribution in [0.3, 0.4) is 0 Å². The van der Waals surface area contributed by atoms with Crippen molar-refractivity contribution >= 4 is 16.8 Å². The van der Waals surface area contributed by atoms with Gasteiger partial charge in [0, 0.05) is 24.1 Å². The smallest absolute Gasteiger partial charge is 0.200 e. The number of benzene rings is 1. The maximum Gasteiger partial charge on any atom is 0.200 e. The first-order chi connectivity index (χ1) is 8.93. The van der Waals surface area contributed by atoms with Crippen LogP contribution in [0.4, 0.5) is 0 Å². The van der Waals surface area contributed by atoms with E-state index in [1.807, 2.05) is 0 Å². The Morgan fingerprint density at radius 3 is 2.68 bits per heavy atom. The number of Topliss-reactive ketones (excluding diaryl/α,β-unsaturated/α-hetero) is 1. The lowest BCUT2D eigenvalue weighted by atomic mass is 10.1. The number of phenols is 1. The summed E-state index contributed by atoms with van der Waals surface area (Å²) in [7, 11) is 1.40. The van der Waals surface area contributed by atoms with Crippen LogP contribution in [0.1, 0.15) is 18.2 Å². The third kappa shape index (κ3) is 2.31. The first-order valence-electron chi connectivity index (χ1n) is 5.76. The molecule has 100 valence electrons. The summed E-state index contributed by atoms with van der Waals surface area (Å²) in [5.41, 5.74) is 0.265. The van der Waals surface area contributed by atoms with Crippen LogP contribution in [0, 0.1) is 6.92 Å². The summed E-state index contributed by atoms with van der Waals surface area (Å²) in [6.45, 7) is 3.03. The zero-order chi connectivity index (χ0) is 14.2. The molecule has 2 aromatic rings. The summed E-state index contributed by atoms with van der Waals surface area (Å²) in [6, 6.07) is 2.69. The maximum atomic E-state index is 12.4. The molecule has 1 N–H and O–H groups in total. The molecule has 0 atom stereocenters. The van der Waals surface area contributed by atoms with Crippen LogP contribution in [-0.4, -0.2) is 18.0 Å². The number of methoxy groups -OCH3 is 1. The molecule has 5 heteroatoms. The highest BCUT2D eigenvalue weighted by Gasteiger charge is 2.17. The minimum Gasteiger partial charge on any atom is -0.508 e. The largest absolute Gasteiger partial charge is 0.508 e. The van der Waals surface area contributed by atoms with Crippen molar-refractivity contribution in [2.75, 3.05) is 7.11 Å². The van der Waals surface area contributed by atoms with Gasteiger partial charge in [-0.05, 0) is 13.8 Å². The van der Waals surface area contributed by atoms with Gasteiger partial charge in [0.2, 0.25) is 0 Å². The van der Waals surface area contributed by atoms with Crippen LogP contribution in [0.15, 0.2) is 21.3 Å². The highest BCUT2D eigenvalue weighted by molar-refractivity contribution is 5.87. The van der Waals surface area contributed by atoms with E-state index < -0.39 is 0 Å². The molecule has 0 aliphatic rings. The number of aromatic hydroxyl groups is 1. The number of fused-ring (bicyclic) bond motifs is 1. The summed E-state index contributed by atoms with van der Waals surface area (Å²) in [4.78, 5) is 23.6. The van der Waals surface area contributed by atoms with Crippen LogP contribution in [0.2, 0.25) is 0 Å². The molecule has 1 aromatic heterocycles. The van der Waals surface area contributed by atoms with Crippen LogP contribution >= 0.6 is 0 Å². The van der Waals surface area contributed by atoms with Crippen molar-refractivity contribution < 1.29 is 19.1 Å². The molecule has 1 heterocycles. The fourth-order valence-electron chi connectivity index (χ4n) is 2.03. The van der Waals surface area contributed by atoms with E-state index in [4.69, 9.17) is 9.15 Å². The molecule has 0 saturated heterocycles. The summed E-state index contributed by atoms with van der Waals surface area (Å²) in [5.74, 6) is 0.438. The second kappa shape index (κ2) is 4.76. The van der Waals surface area contributed by atoms with Gasteiger partial charge in [0.15, 0.2) is 5.43 Å². The monoisotopic (exact) mass is 262 g/mol. The Bertz CT molecular complexity index is 712. The Hall–Kier alpha value is -2.30. The van der Waals surface area contributed by atoms with Gasteiger partial charge in [-0.1, -0.05) is 0 Å². The second-order valence-corrected chi connectivity index (χ2v) is 4.37. The predicted octanol–water partition coefficient (Wildman–Crippen LogP) is 1.95. The van der Waals surface area contributed by atoms with Gasteiger partial charge in [0.05, 0.1) is 7.11 Å². The van der Waals surface area contributed by atoms with Crippen molar-refractivity contribution in [3.05, 3.63) is 33.7 Å². The van der Waals surface area contributed by atoms with E-state index in [1.165, 1.54) is 26.2 Å². The molecule has 5 nitrogen and oxygen atoms in total. The predicted molar refractivity (Wildman–Crippen MR) is 69.8 cm³/mol. The van der Waals surface area contributed by atoms with Gasteiger partial charge >= 0.3 is 0 Å². The number of rotatable bonds is 3. The number of hydrogen-bond acceptors (Lipinski definition) is 5. The molecule has 0 amide bonds. The van der Waals surface area contributed by atoms with E-state index in [1.54, 1.807) is 6.92 Å². The van der Waals surface area contributed by atoms with Gasteiger partial charge in [-0.2, -0.15) is 0 Å². The first kappa shape index (κ1) is 13.1. The van der Waals surface area contributed by atoms with Crippen molar-refractivity contribution in [2.45, 2.75) is 20.3 Å². The van der Waals surface area contributed by atoms with Crippen LogP contribution in [0.25, 0.3) is 11.0 Å². The molecular formula is C14H14O5. The minimum atomic E-state index is -0.300. The number of carbonyl (C=O) groups is 1. The SMILES string of the molecule is COc1cc(O)cc2oc(C)c(CC(C)=O)c(=O)c12. The molecule has 0 saturated carbocycles. The van der Waals surface area contributed by atoms with Crippen molar-refractivity contribution in [1.29, 1.82) is 0 Å². The minimum absolute atomic E-state index is 0.0220. The number of phenolic OH excluding ortho intramolecular Hbond substituents is 1. The van der Waals surface area contributed by atoms with Gasteiger partial charge < -0.3 is 14.3 Å². The lowest BCUT2D eigenvalue weighted by Gasteiger charge is -2.09. The topological polar surface area (TPSA) is 76.7 Å². The van der Waals surface area contributed by atoms with Gasteiger partial charge in [-0.3, -0.25) is 9.59 Å². The molecule has 0 aliphatic carbocycles. The molecular weight excluding hydrogens is 248 g/mol. The average Bonchev–Trinajstić information content (AvgIpc) is 2.32. The first-order valence-corrected chi connectivity index (χ1v) is 5.76. The van der Waals surface area contributed by atoms with Crippen molar-refractivity contribution in [2.24, 2.45) is 0 Å². The van der Waals surface area contributed by atoms with Crippen molar-refractivity contribution in [1.82, 2.24) is 0 Å². The van der Waals surface area contributed by atoms with Gasteiger partial charge in [-0.25, -0.2) is 0 Å². The molecule has 0 radical (unpaired) electrons. The third-order valence-electron chi connectivity index (χ3n) is 2.89. The van der Waals surface area contributed by atoms with Crippen LogP contribution in [-0.2, 0) is 11.2 Å². The van der Waals surface area contributed by atoms with Gasteiger partial charge in [0.1, 0.15) is 34.0 Å². The fraction of sp³-hybridized carbons (Fsp3) is 0.286. The summed E-state index contributed by atoms with van der Waals surface area (Å²) in [5, 5.41) is 9.78. The molecule has 1 aromatic carbocycles. The molecule has 19 heavy (non-hydrogen) atoms. The van der Waals surface area contributed by atoms with E-state index in [2.05, 4.69) is 0 Å². The normalized spacial score (nSPS) is 10.7. The van der Waals surface area contributed by atoms with Crippen molar-refractivity contribution in [3.63, 3.8) is 0 Å². The number of carbonyl (C=O) groups excluding carboxylic acids is 1. The fourth-order valence-corrected chi connectivity index (χ4v) is 2.03. The summed E-state index contributed by atoms with van der Waals surface area (Å²) < 4.78 is 10.6. The van der Waals surface area contributed by atoms with Crippen molar-refractivity contribution in [3.8, 4) is 11.5 Å². The summed E-state index contributed by atoms with van der Waals surface area (Å²) >= 11 is 0. The Labute approximate surface area is 109 Å². The van der Waals surface area contributed by atoms with Gasteiger partial charge in [0.25, 0.3) is 0 Å². The highest BCUT2D eigenvalue weighted by atomic mass is 16.5. The molecule has 0 fully saturated rings.